The number of aliphatic hydroxyl groups is 1. The number of nitrogens with zero attached hydrogens (tertiary/aromatic N) is 2. The van der Waals surface area contributed by atoms with Crippen molar-refractivity contribution >= 4 is 11.6 Å². The third-order valence-electron chi connectivity index (χ3n) is 4.42. The molecule has 1 saturated heterocycles. The van der Waals surface area contributed by atoms with E-state index < -0.39 is 0 Å². The zero-order chi connectivity index (χ0) is 16.9. The quantitative estimate of drug-likeness (QED) is 0.784. The molecule has 3 N–H and O–H groups in total. The lowest BCUT2D eigenvalue weighted by Gasteiger charge is -2.29. The summed E-state index contributed by atoms with van der Waals surface area (Å²) in [4.78, 5) is 14.4. The Kier molecular flexibility index (Phi) is 5.27. The van der Waals surface area contributed by atoms with Gasteiger partial charge in [0.2, 0.25) is 0 Å². The maximum absolute atomic E-state index is 12.1. The molecular formula is C18H24N4O2. The summed E-state index contributed by atoms with van der Waals surface area (Å²) in [6, 6.07) is 9.66. The second-order valence-electron chi connectivity index (χ2n) is 6.41. The van der Waals surface area contributed by atoms with Gasteiger partial charge in [0.05, 0.1) is 6.10 Å². The van der Waals surface area contributed by atoms with Gasteiger partial charge < -0.3 is 15.3 Å². The lowest BCUT2D eigenvalue weighted by atomic mass is 10.1. The van der Waals surface area contributed by atoms with E-state index in [1.807, 2.05) is 31.2 Å². The van der Waals surface area contributed by atoms with Crippen molar-refractivity contribution in [2.24, 2.45) is 0 Å². The van der Waals surface area contributed by atoms with Gasteiger partial charge in [-0.15, -0.1) is 0 Å². The molecule has 2 heterocycles. The first-order valence-corrected chi connectivity index (χ1v) is 8.43. The molecule has 24 heavy (non-hydrogen) atoms. The number of piperidine rings is 1. The Morgan fingerprint density at radius 3 is 2.67 bits per heavy atom. The van der Waals surface area contributed by atoms with E-state index in [9.17, 15) is 9.90 Å². The summed E-state index contributed by atoms with van der Waals surface area (Å²) >= 11 is 0. The number of anilines is 1. The first kappa shape index (κ1) is 16.7. The highest BCUT2D eigenvalue weighted by Gasteiger charge is 2.16. The van der Waals surface area contributed by atoms with Gasteiger partial charge >= 0.3 is 0 Å². The van der Waals surface area contributed by atoms with E-state index in [2.05, 4.69) is 20.4 Å². The Hall–Kier alpha value is -2.18. The zero-order valence-electron chi connectivity index (χ0n) is 14.0. The second-order valence-corrected chi connectivity index (χ2v) is 6.41. The van der Waals surface area contributed by atoms with Gasteiger partial charge in [-0.2, -0.15) is 5.10 Å². The summed E-state index contributed by atoms with van der Waals surface area (Å²) in [5.41, 5.74) is 3.27. The molecule has 6 heteroatoms. The standard InChI is InChI=1S/C18H24N4O2/c1-13-12-17(21-20-13)18(24)19-15-4-2-14(3-5-15)6-9-22-10-7-16(23)8-11-22/h2-5,12,16,23H,6-11H2,1H3,(H,19,24)(H,20,21). The molecule has 0 radical (unpaired) electrons. The smallest absolute Gasteiger partial charge is 0.276 e. The molecule has 1 aromatic carbocycles. The molecule has 1 amide bonds. The molecule has 0 aliphatic carbocycles. The van der Waals surface area contributed by atoms with Crippen LogP contribution in [0.3, 0.4) is 0 Å². The number of aromatic amines is 1. The van der Waals surface area contributed by atoms with Crippen LogP contribution in [0.25, 0.3) is 0 Å². The third-order valence-corrected chi connectivity index (χ3v) is 4.42. The summed E-state index contributed by atoms with van der Waals surface area (Å²) in [6.45, 7) is 4.81. The molecule has 0 atom stereocenters. The number of aromatic nitrogens is 2. The Bertz CT molecular complexity index is 673. The van der Waals surface area contributed by atoms with Crippen molar-refractivity contribution in [2.75, 3.05) is 25.0 Å². The Morgan fingerprint density at radius 1 is 1.33 bits per heavy atom. The van der Waals surface area contributed by atoms with Crippen molar-refractivity contribution in [1.29, 1.82) is 0 Å². The van der Waals surface area contributed by atoms with Crippen molar-refractivity contribution in [3.63, 3.8) is 0 Å². The number of rotatable bonds is 5. The monoisotopic (exact) mass is 328 g/mol. The van der Waals surface area contributed by atoms with Gasteiger partial charge in [0.1, 0.15) is 0 Å². The molecule has 0 bridgehead atoms. The molecule has 2 aromatic rings. The van der Waals surface area contributed by atoms with Crippen molar-refractivity contribution in [3.8, 4) is 0 Å². The number of carbonyl (C=O) groups excluding carboxylic acids is 1. The Morgan fingerprint density at radius 2 is 2.04 bits per heavy atom. The number of amides is 1. The number of likely N-dealkylation sites (tertiary alicyclic amines) is 1. The van der Waals surface area contributed by atoms with Crippen LogP contribution in [0.15, 0.2) is 30.3 Å². The average Bonchev–Trinajstić information content (AvgIpc) is 3.02. The topological polar surface area (TPSA) is 81.2 Å². The van der Waals surface area contributed by atoms with Crippen LogP contribution in [0.4, 0.5) is 5.69 Å². The molecule has 128 valence electrons. The lowest BCUT2D eigenvalue weighted by Crippen LogP contribution is -2.37. The molecular weight excluding hydrogens is 304 g/mol. The fourth-order valence-electron chi connectivity index (χ4n) is 2.91. The number of carbonyl (C=O) groups is 1. The van der Waals surface area contributed by atoms with E-state index in [1.165, 1.54) is 5.56 Å². The van der Waals surface area contributed by atoms with Crippen molar-refractivity contribution in [1.82, 2.24) is 15.1 Å². The summed E-state index contributed by atoms with van der Waals surface area (Å²) in [5, 5.41) is 19.1. The predicted molar refractivity (Wildman–Crippen MR) is 93.1 cm³/mol. The number of nitrogens with one attached hydrogen (secondary N) is 2. The van der Waals surface area contributed by atoms with Crippen LogP contribution in [0.1, 0.15) is 34.6 Å². The number of hydrogen-bond acceptors (Lipinski definition) is 4. The highest BCUT2D eigenvalue weighted by molar-refractivity contribution is 6.02. The Labute approximate surface area is 141 Å². The molecule has 0 spiro atoms. The summed E-state index contributed by atoms with van der Waals surface area (Å²) in [6.07, 6.45) is 2.60. The van der Waals surface area contributed by atoms with Crippen LogP contribution in [0.2, 0.25) is 0 Å². The van der Waals surface area contributed by atoms with Gasteiger partial charge in [0.25, 0.3) is 5.91 Å². The van der Waals surface area contributed by atoms with Crippen LogP contribution >= 0.6 is 0 Å². The Balaban J connectivity index is 1.49. The minimum absolute atomic E-state index is 0.123. The van der Waals surface area contributed by atoms with Crippen LogP contribution in [0, 0.1) is 6.92 Å². The van der Waals surface area contributed by atoms with E-state index in [0.29, 0.717) is 5.69 Å². The average molecular weight is 328 g/mol. The highest BCUT2D eigenvalue weighted by atomic mass is 16.3. The summed E-state index contributed by atoms with van der Waals surface area (Å²) < 4.78 is 0. The fourth-order valence-corrected chi connectivity index (χ4v) is 2.91. The van der Waals surface area contributed by atoms with Gasteiger partial charge in [-0.1, -0.05) is 12.1 Å². The van der Waals surface area contributed by atoms with Crippen molar-refractivity contribution in [2.45, 2.75) is 32.3 Å². The molecule has 1 aromatic heterocycles. The lowest BCUT2D eigenvalue weighted by molar-refractivity contribution is 0.0832. The van der Waals surface area contributed by atoms with Crippen LogP contribution in [-0.4, -0.2) is 51.8 Å². The predicted octanol–water partition coefficient (Wildman–Crippen LogP) is 1.97. The fraction of sp³-hybridized carbons (Fsp3) is 0.444. The largest absolute Gasteiger partial charge is 0.393 e. The molecule has 6 nitrogen and oxygen atoms in total. The molecule has 0 unspecified atom stereocenters. The molecule has 3 rings (SSSR count). The van der Waals surface area contributed by atoms with E-state index >= 15 is 0 Å². The normalized spacial score (nSPS) is 16.2. The highest BCUT2D eigenvalue weighted by Crippen LogP contribution is 2.14. The van der Waals surface area contributed by atoms with Crippen molar-refractivity contribution < 1.29 is 9.90 Å². The molecule has 1 aliphatic rings. The SMILES string of the molecule is Cc1cc(C(=O)Nc2ccc(CCN3CCC(O)CC3)cc2)n[nH]1. The molecule has 1 fully saturated rings. The first-order valence-electron chi connectivity index (χ1n) is 8.43. The van der Waals surface area contributed by atoms with Crippen LogP contribution < -0.4 is 5.32 Å². The van der Waals surface area contributed by atoms with E-state index in [1.54, 1.807) is 6.07 Å². The van der Waals surface area contributed by atoms with Gasteiger partial charge in [0.15, 0.2) is 5.69 Å². The number of H-pyrrole nitrogens is 1. The zero-order valence-corrected chi connectivity index (χ0v) is 14.0. The van der Waals surface area contributed by atoms with E-state index in [4.69, 9.17) is 0 Å². The minimum atomic E-state index is -0.209. The maximum atomic E-state index is 12.1. The van der Waals surface area contributed by atoms with Gasteiger partial charge in [-0.25, -0.2) is 0 Å². The summed E-state index contributed by atoms with van der Waals surface area (Å²) in [5.74, 6) is -0.209. The van der Waals surface area contributed by atoms with E-state index in [-0.39, 0.29) is 12.0 Å². The maximum Gasteiger partial charge on any atom is 0.276 e. The second kappa shape index (κ2) is 7.59. The third kappa shape index (κ3) is 4.43. The minimum Gasteiger partial charge on any atom is -0.393 e. The molecule has 0 saturated carbocycles. The van der Waals surface area contributed by atoms with Crippen LogP contribution in [-0.2, 0) is 6.42 Å². The van der Waals surface area contributed by atoms with Gasteiger partial charge in [0, 0.05) is 31.0 Å². The van der Waals surface area contributed by atoms with Gasteiger partial charge in [-0.3, -0.25) is 9.89 Å². The number of aliphatic hydroxyl groups excluding tert-OH is 1. The van der Waals surface area contributed by atoms with Gasteiger partial charge in [-0.05, 0) is 49.9 Å². The van der Waals surface area contributed by atoms with E-state index in [0.717, 1.165) is 50.3 Å². The number of hydrogen-bond donors (Lipinski definition) is 3. The van der Waals surface area contributed by atoms with Crippen molar-refractivity contribution in [3.05, 3.63) is 47.3 Å². The number of aryl methyl sites for hydroxylation is 1. The summed E-state index contributed by atoms with van der Waals surface area (Å²) in [7, 11) is 0. The number of benzene rings is 1. The van der Waals surface area contributed by atoms with Crippen LogP contribution in [0.5, 0.6) is 0 Å². The molecule has 1 aliphatic heterocycles. The first-order chi connectivity index (χ1) is 11.6.